The van der Waals surface area contributed by atoms with Crippen LogP contribution in [0.2, 0.25) is 0 Å². The van der Waals surface area contributed by atoms with Crippen LogP contribution in [0.4, 0.5) is 0 Å². The van der Waals surface area contributed by atoms with Crippen LogP contribution in [-0.2, 0) is 19.4 Å². The number of aromatic amines is 1. The number of halogens is 1. The molecule has 0 bridgehead atoms. The molecule has 3 aromatic rings. The van der Waals surface area contributed by atoms with Crippen LogP contribution in [0.5, 0.6) is 0 Å². The van der Waals surface area contributed by atoms with Crippen LogP contribution < -0.4 is 5.56 Å². The van der Waals surface area contributed by atoms with Gasteiger partial charge in [-0.1, -0.05) is 12.1 Å². The predicted molar refractivity (Wildman–Crippen MR) is 120 cm³/mol. The maximum Gasteiger partial charge on any atom is 0.251 e. The number of H-pyrrole nitrogens is 1. The Kier molecular flexibility index (Phi) is 6.02. The molecule has 1 N–H and O–H groups in total. The molecule has 0 saturated carbocycles. The van der Waals surface area contributed by atoms with Gasteiger partial charge in [0.1, 0.15) is 0 Å². The highest BCUT2D eigenvalue weighted by Gasteiger charge is 2.22. The van der Waals surface area contributed by atoms with Crippen molar-refractivity contribution in [3.05, 3.63) is 75.3 Å². The predicted octanol–water partition coefficient (Wildman–Crippen LogP) is 4.60. The summed E-state index contributed by atoms with van der Waals surface area (Å²) in [6.07, 6.45) is 8.53. The lowest BCUT2D eigenvalue weighted by atomic mass is 9.89. The van der Waals surface area contributed by atoms with E-state index in [0.29, 0.717) is 5.92 Å². The Morgan fingerprint density at radius 2 is 1.83 bits per heavy atom. The second-order valence-corrected chi connectivity index (χ2v) is 8.30. The van der Waals surface area contributed by atoms with Gasteiger partial charge in [0.25, 0.3) is 5.56 Å². The van der Waals surface area contributed by atoms with E-state index in [-0.39, 0.29) is 18.0 Å². The Morgan fingerprint density at radius 3 is 2.59 bits per heavy atom. The normalized spacial score (nSPS) is 17.7. The first-order valence-electron chi connectivity index (χ1n) is 10.6. The second kappa shape index (κ2) is 8.68. The van der Waals surface area contributed by atoms with Crippen LogP contribution in [0.1, 0.15) is 54.0 Å². The Balaban J connectivity index is 0.00000205. The second-order valence-electron chi connectivity index (χ2n) is 8.30. The van der Waals surface area contributed by atoms with E-state index >= 15 is 0 Å². The zero-order valence-corrected chi connectivity index (χ0v) is 17.5. The molecule has 1 fully saturated rings. The quantitative estimate of drug-likeness (QED) is 0.687. The number of aromatic nitrogens is 2. The third kappa shape index (κ3) is 4.10. The Labute approximate surface area is 177 Å². The molecule has 2 aromatic heterocycles. The number of likely N-dealkylation sites (tertiary alicyclic amines) is 1. The van der Waals surface area contributed by atoms with Gasteiger partial charge in [-0.2, -0.15) is 0 Å². The van der Waals surface area contributed by atoms with Crippen molar-refractivity contribution in [2.45, 2.75) is 51.0 Å². The maximum atomic E-state index is 12.4. The number of hydrogen-bond acceptors (Lipinski definition) is 3. The van der Waals surface area contributed by atoms with Gasteiger partial charge in [0.15, 0.2) is 0 Å². The molecule has 0 unspecified atom stereocenters. The number of pyridine rings is 2. The van der Waals surface area contributed by atoms with Crippen molar-refractivity contribution in [3.63, 3.8) is 0 Å². The van der Waals surface area contributed by atoms with Gasteiger partial charge in [-0.05, 0) is 87.0 Å². The van der Waals surface area contributed by atoms with Crippen LogP contribution in [0.15, 0.2) is 47.4 Å². The number of nitrogens with zero attached hydrogens (tertiary/aromatic N) is 2. The molecule has 4 nitrogen and oxygen atoms in total. The summed E-state index contributed by atoms with van der Waals surface area (Å²) in [7, 11) is 0. The summed E-state index contributed by atoms with van der Waals surface area (Å²) in [6, 6.07) is 12.8. The molecule has 0 amide bonds. The largest absolute Gasteiger partial charge is 0.322 e. The fraction of sp³-hybridized carbons (Fsp3) is 0.417. The van der Waals surface area contributed by atoms with Gasteiger partial charge in [0.05, 0.1) is 0 Å². The van der Waals surface area contributed by atoms with Gasteiger partial charge in [-0.15, -0.1) is 12.4 Å². The Hall–Kier alpha value is -2.17. The number of nitrogens with one attached hydrogen (secondary N) is 1. The van der Waals surface area contributed by atoms with Crippen molar-refractivity contribution in [1.82, 2.24) is 14.9 Å². The molecule has 1 saturated heterocycles. The summed E-state index contributed by atoms with van der Waals surface area (Å²) in [4.78, 5) is 22.6. The number of aryl methyl sites for hydroxylation is 1. The molecular formula is C24H28ClN3O. The average Bonchev–Trinajstić information content (AvgIpc) is 2.76. The zero-order valence-electron chi connectivity index (χ0n) is 16.7. The lowest BCUT2D eigenvalue weighted by Gasteiger charge is -2.31. The van der Waals surface area contributed by atoms with Crippen molar-refractivity contribution in [2.75, 3.05) is 13.1 Å². The van der Waals surface area contributed by atoms with E-state index in [1.165, 1.54) is 41.5 Å². The van der Waals surface area contributed by atoms with Gasteiger partial charge in [-0.25, -0.2) is 0 Å². The summed E-state index contributed by atoms with van der Waals surface area (Å²) in [5, 5.41) is 1.26. The lowest BCUT2D eigenvalue weighted by molar-refractivity contribution is 0.203. The minimum atomic E-state index is 0. The molecule has 0 spiro atoms. The molecule has 152 valence electrons. The summed E-state index contributed by atoms with van der Waals surface area (Å²) >= 11 is 0. The van der Waals surface area contributed by atoms with Crippen molar-refractivity contribution >= 4 is 23.3 Å². The molecule has 0 atom stereocenters. The van der Waals surface area contributed by atoms with E-state index in [1.807, 2.05) is 12.3 Å². The van der Waals surface area contributed by atoms with E-state index in [1.54, 1.807) is 0 Å². The highest BCUT2D eigenvalue weighted by molar-refractivity contribution is 5.85. The van der Waals surface area contributed by atoms with Gasteiger partial charge in [0.2, 0.25) is 0 Å². The number of fused-ring (bicyclic) bond motifs is 3. The molecule has 3 heterocycles. The van der Waals surface area contributed by atoms with E-state index in [4.69, 9.17) is 0 Å². The van der Waals surface area contributed by atoms with Gasteiger partial charge < -0.3 is 4.98 Å². The highest BCUT2D eigenvalue weighted by Crippen LogP contribution is 2.29. The molecule has 29 heavy (non-hydrogen) atoms. The summed E-state index contributed by atoms with van der Waals surface area (Å²) < 4.78 is 0. The van der Waals surface area contributed by atoms with Gasteiger partial charge in [0, 0.05) is 40.8 Å². The number of piperidine rings is 1. The van der Waals surface area contributed by atoms with Crippen molar-refractivity contribution < 1.29 is 0 Å². The fourth-order valence-corrected chi connectivity index (χ4v) is 4.96. The van der Waals surface area contributed by atoms with Crippen molar-refractivity contribution in [3.8, 4) is 0 Å². The molecule has 5 heteroatoms. The fourth-order valence-electron chi connectivity index (χ4n) is 4.96. The van der Waals surface area contributed by atoms with Crippen LogP contribution >= 0.6 is 12.4 Å². The average molecular weight is 410 g/mol. The molecule has 5 rings (SSSR count). The van der Waals surface area contributed by atoms with Crippen LogP contribution in [0.25, 0.3) is 10.9 Å². The zero-order chi connectivity index (χ0) is 18.9. The molecule has 1 aliphatic heterocycles. The van der Waals surface area contributed by atoms with Crippen LogP contribution in [0, 0.1) is 0 Å². The third-order valence-electron chi connectivity index (χ3n) is 6.50. The van der Waals surface area contributed by atoms with E-state index in [2.05, 4.69) is 45.2 Å². The van der Waals surface area contributed by atoms with Gasteiger partial charge >= 0.3 is 0 Å². The number of hydrogen-bond donors (Lipinski definition) is 1. The molecule has 1 aliphatic carbocycles. The first-order chi connectivity index (χ1) is 13.8. The smallest absolute Gasteiger partial charge is 0.251 e. The molecular weight excluding hydrogens is 382 g/mol. The molecule has 1 aromatic carbocycles. The summed E-state index contributed by atoms with van der Waals surface area (Å²) in [6.45, 7) is 3.21. The Morgan fingerprint density at radius 1 is 1.03 bits per heavy atom. The van der Waals surface area contributed by atoms with E-state index < -0.39 is 0 Å². The topological polar surface area (TPSA) is 49.0 Å². The number of benzene rings is 1. The third-order valence-corrected chi connectivity index (χ3v) is 6.50. The summed E-state index contributed by atoms with van der Waals surface area (Å²) in [5.41, 5.74) is 6.01. The first-order valence-corrected chi connectivity index (χ1v) is 10.6. The summed E-state index contributed by atoms with van der Waals surface area (Å²) in [5.74, 6) is 0.589. The van der Waals surface area contributed by atoms with E-state index in [9.17, 15) is 4.79 Å². The minimum Gasteiger partial charge on any atom is -0.322 e. The number of rotatable bonds is 3. The van der Waals surface area contributed by atoms with Crippen LogP contribution in [0.3, 0.4) is 0 Å². The van der Waals surface area contributed by atoms with E-state index in [0.717, 1.165) is 50.0 Å². The van der Waals surface area contributed by atoms with Crippen molar-refractivity contribution in [1.29, 1.82) is 0 Å². The lowest BCUT2D eigenvalue weighted by Crippen LogP contribution is -2.32. The Bertz CT molecular complexity index is 1040. The SMILES string of the molecule is Cl.O=c1[nH]c2ccc(CN3CCC(c4ccccn4)CC3)cc2c2c1CCCC2. The highest BCUT2D eigenvalue weighted by atomic mass is 35.5. The molecule has 0 radical (unpaired) electrons. The molecule has 2 aliphatic rings. The van der Waals surface area contributed by atoms with Gasteiger partial charge in [-0.3, -0.25) is 14.7 Å². The minimum absolute atomic E-state index is 0. The maximum absolute atomic E-state index is 12.4. The van der Waals surface area contributed by atoms with Crippen LogP contribution in [-0.4, -0.2) is 28.0 Å². The standard InChI is InChI=1S/C24H27N3O.ClH/c28-24-20-6-2-1-5-19(20)21-15-17(8-9-23(21)26-24)16-27-13-10-18(11-14-27)22-7-3-4-12-25-22;/h3-4,7-9,12,15,18H,1-2,5-6,10-11,13-14,16H2,(H,26,28);1H. The first kappa shape index (κ1) is 20.1. The monoisotopic (exact) mass is 409 g/mol. The van der Waals surface area contributed by atoms with Crippen molar-refractivity contribution in [2.24, 2.45) is 0 Å².